The average molecular weight is 277 g/mol. The fourth-order valence-electron chi connectivity index (χ4n) is 1.37. The van der Waals surface area contributed by atoms with Crippen LogP contribution in [0.2, 0.25) is 5.15 Å². The first-order chi connectivity index (χ1) is 8.30. The molecule has 0 fully saturated rings. The van der Waals surface area contributed by atoms with Gasteiger partial charge in [0.05, 0.1) is 0 Å². The number of nitrogens with zero attached hydrogens (tertiary/aromatic N) is 4. The lowest BCUT2D eigenvalue weighted by Crippen LogP contribution is -2.09. The van der Waals surface area contributed by atoms with E-state index < -0.39 is 11.9 Å². The van der Waals surface area contributed by atoms with Crippen molar-refractivity contribution >= 4 is 11.6 Å². The second-order valence-corrected chi connectivity index (χ2v) is 4.07. The Morgan fingerprint density at radius 2 is 1.83 bits per heavy atom. The summed E-state index contributed by atoms with van der Waals surface area (Å²) in [4.78, 5) is 0. The van der Waals surface area contributed by atoms with Crippen molar-refractivity contribution in [1.82, 2.24) is 20.0 Å². The van der Waals surface area contributed by atoms with Gasteiger partial charge in [-0.1, -0.05) is 11.6 Å². The first kappa shape index (κ1) is 12.8. The summed E-state index contributed by atoms with van der Waals surface area (Å²) < 4.78 is 38.3. The molecule has 0 unspecified atom stereocenters. The van der Waals surface area contributed by atoms with Gasteiger partial charge in [0.15, 0.2) is 16.7 Å². The summed E-state index contributed by atoms with van der Waals surface area (Å²) in [7, 11) is 0. The van der Waals surface area contributed by atoms with Crippen LogP contribution < -0.4 is 0 Å². The van der Waals surface area contributed by atoms with Crippen LogP contribution in [0.15, 0.2) is 12.3 Å². The van der Waals surface area contributed by atoms with Gasteiger partial charge in [-0.25, -0.2) is 4.68 Å². The Bertz CT molecular complexity index is 591. The van der Waals surface area contributed by atoms with E-state index in [4.69, 9.17) is 11.6 Å². The zero-order valence-electron chi connectivity index (χ0n) is 9.46. The van der Waals surface area contributed by atoms with Crippen LogP contribution in [-0.4, -0.2) is 20.0 Å². The Kier molecular flexibility index (Phi) is 3.02. The molecule has 0 bridgehead atoms. The molecule has 0 saturated heterocycles. The Morgan fingerprint density at radius 3 is 2.39 bits per heavy atom. The minimum Gasteiger partial charge on any atom is -0.220 e. The van der Waals surface area contributed by atoms with E-state index in [1.165, 1.54) is 6.20 Å². The molecule has 0 radical (unpaired) electrons. The van der Waals surface area contributed by atoms with Gasteiger partial charge in [0.2, 0.25) is 0 Å². The molecule has 2 heterocycles. The smallest absolute Gasteiger partial charge is 0.220 e. The van der Waals surface area contributed by atoms with Gasteiger partial charge in [-0.05, 0) is 25.5 Å². The molecule has 0 spiro atoms. The predicted octanol–water partition coefficient (Wildman–Crippen LogP) is 2.95. The van der Waals surface area contributed by atoms with E-state index in [2.05, 4.69) is 15.3 Å². The standard InChI is InChI=1S/C10H8ClF3N4/c1-5-6(2)9(16-15-8(5)11)18-4-3-7(17-18)10(12,13)14/h3-4H,1-2H3. The van der Waals surface area contributed by atoms with E-state index >= 15 is 0 Å². The molecule has 0 N–H and O–H groups in total. The lowest BCUT2D eigenvalue weighted by atomic mass is 10.2. The first-order valence-electron chi connectivity index (χ1n) is 4.93. The number of alkyl halides is 3. The molecule has 0 aliphatic heterocycles. The van der Waals surface area contributed by atoms with Crippen molar-refractivity contribution in [3.63, 3.8) is 0 Å². The molecule has 2 rings (SSSR count). The molecule has 0 aromatic carbocycles. The topological polar surface area (TPSA) is 43.6 Å². The molecule has 0 saturated carbocycles. The van der Waals surface area contributed by atoms with Crippen LogP contribution in [0.3, 0.4) is 0 Å². The monoisotopic (exact) mass is 276 g/mol. The highest BCUT2D eigenvalue weighted by Gasteiger charge is 2.33. The predicted molar refractivity (Wildman–Crippen MR) is 58.6 cm³/mol. The molecule has 96 valence electrons. The molecule has 2 aromatic heterocycles. The number of hydrogen-bond acceptors (Lipinski definition) is 3. The molecular formula is C10H8ClF3N4. The third-order valence-corrected chi connectivity index (χ3v) is 2.90. The van der Waals surface area contributed by atoms with Crippen molar-refractivity contribution in [3.8, 4) is 5.82 Å². The molecule has 18 heavy (non-hydrogen) atoms. The summed E-state index contributed by atoms with van der Waals surface area (Å²) in [6.07, 6.45) is -3.29. The maximum atomic E-state index is 12.4. The van der Waals surface area contributed by atoms with Gasteiger partial charge in [-0.2, -0.15) is 18.3 Å². The minimum absolute atomic E-state index is 0.222. The van der Waals surface area contributed by atoms with Crippen LogP contribution >= 0.6 is 11.6 Å². The van der Waals surface area contributed by atoms with Gasteiger partial charge < -0.3 is 0 Å². The van der Waals surface area contributed by atoms with Crippen molar-refractivity contribution in [1.29, 1.82) is 0 Å². The van der Waals surface area contributed by atoms with Gasteiger partial charge in [0.25, 0.3) is 0 Å². The number of rotatable bonds is 1. The van der Waals surface area contributed by atoms with Crippen LogP contribution in [0.25, 0.3) is 5.82 Å². The van der Waals surface area contributed by atoms with E-state index in [0.717, 1.165) is 10.7 Å². The summed E-state index contributed by atoms with van der Waals surface area (Å²) in [6, 6.07) is 0.880. The SMILES string of the molecule is Cc1c(Cl)nnc(-n2ccc(C(F)(F)F)n2)c1C. The Hall–Kier alpha value is -1.63. The molecule has 0 aliphatic rings. The van der Waals surface area contributed by atoms with Crippen molar-refractivity contribution in [2.75, 3.05) is 0 Å². The van der Waals surface area contributed by atoms with Gasteiger partial charge in [0, 0.05) is 11.8 Å². The van der Waals surface area contributed by atoms with E-state index in [9.17, 15) is 13.2 Å². The van der Waals surface area contributed by atoms with Crippen molar-refractivity contribution in [2.45, 2.75) is 20.0 Å². The summed E-state index contributed by atoms with van der Waals surface area (Å²) in [5.41, 5.74) is 0.314. The highest BCUT2D eigenvalue weighted by molar-refractivity contribution is 6.30. The fourth-order valence-corrected chi connectivity index (χ4v) is 1.55. The molecule has 0 aliphatic carbocycles. The zero-order valence-corrected chi connectivity index (χ0v) is 10.2. The number of aromatic nitrogens is 4. The van der Waals surface area contributed by atoms with E-state index in [0.29, 0.717) is 11.1 Å². The second kappa shape index (κ2) is 4.24. The largest absolute Gasteiger partial charge is 0.435 e. The zero-order chi connectivity index (χ0) is 13.5. The van der Waals surface area contributed by atoms with Gasteiger partial charge in [-0.15, -0.1) is 10.2 Å². The van der Waals surface area contributed by atoms with E-state index in [1.807, 2.05) is 0 Å². The normalized spacial score (nSPS) is 11.9. The molecule has 8 heteroatoms. The van der Waals surface area contributed by atoms with Crippen LogP contribution in [0.4, 0.5) is 13.2 Å². The first-order valence-corrected chi connectivity index (χ1v) is 5.31. The van der Waals surface area contributed by atoms with E-state index in [-0.39, 0.29) is 11.0 Å². The summed E-state index contributed by atoms with van der Waals surface area (Å²) in [5, 5.41) is 11.1. The highest BCUT2D eigenvalue weighted by Crippen LogP contribution is 2.28. The van der Waals surface area contributed by atoms with Gasteiger partial charge in [0.1, 0.15) is 0 Å². The highest BCUT2D eigenvalue weighted by atomic mass is 35.5. The number of halogens is 4. The quantitative estimate of drug-likeness (QED) is 0.804. The van der Waals surface area contributed by atoms with Crippen LogP contribution in [-0.2, 0) is 6.18 Å². The summed E-state index contributed by atoms with van der Waals surface area (Å²) in [6.45, 7) is 3.41. The maximum Gasteiger partial charge on any atom is 0.435 e. The molecular weight excluding hydrogens is 269 g/mol. The second-order valence-electron chi connectivity index (χ2n) is 3.71. The summed E-state index contributed by atoms with van der Waals surface area (Å²) >= 11 is 5.77. The Morgan fingerprint density at radius 1 is 1.17 bits per heavy atom. The van der Waals surface area contributed by atoms with Crippen LogP contribution in [0.5, 0.6) is 0 Å². The fraction of sp³-hybridized carbons (Fsp3) is 0.300. The van der Waals surface area contributed by atoms with Gasteiger partial charge in [-0.3, -0.25) is 0 Å². The lowest BCUT2D eigenvalue weighted by Gasteiger charge is -2.07. The van der Waals surface area contributed by atoms with Crippen molar-refractivity contribution in [2.24, 2.45) is 0 Å². The summed E-state index contributed by atoms with van der Waals surface area (Å²) in [5.74, 6) is 0.229. The van der Waals surface area contributed by atoms with E-state index in [1.54, 1.807) is 13.8 Å². The molecule has 2 aromatic rings. The van der Waals surface area contributed by atoms with Crippen LogP contribution in [0, 0.1) is 13.8 Å². The maximum absolute atomic E-state index is 12.4. The van der Waals surface area contributed by atoms with Crippen molar-refractivity contribution < 1.29 is 13.2 Å². The lowest BCUT2D eigenvalue weighted by molar-refractivity contribution is -0.141. The Labute approximate surface area is 105 Å². The number of hydrogen-bond donors (Lipinski definition) is 0. The molecule has 4 nitrogen and oxygen atoms in total. The third kappa shape index (κ3) is 2.17. The van der Waals surface area contributed by atoms with Gasteiger partial charge >= 0.3 is 6.18 Å². The molecule has 0 atom stereocenters. The average Bonchev–Trinajstić information content (AvgIpc) is 2.75. The molecule has 0 amide bonds. The third-order valence-electron chi connectivity index (χ3n) is 2.54. The minimum atomic E-state index is -4.48. The van der Waals surface area contributed by atoms with Crippen molar-refractivity contribution in [3.05, 3.63) is 34.2 Å². The Balaban J connectivity index is 2.50. The van der Waals surface area contributed by atoms with Crippen LogP contribution in [0.1, 0.15) is 16.8 Å².